The lowest BCUT2D eigenvalue weighted by Gasteiger charge is -2.00. The predicted molar refractivity (Wildman–Crippen MR) is 30.4 cm³/mol. The molecule has 1 rings (SSSR count). The van der Waals surface area contributed by atoms with Crippen LogP contribution in [-0.2, 0) is 13.2 Å². The van der Waals surface area contributed by atoms with E-state index in [-0.39, 0.29) is 0 Å². The first kappa shape index (κ1) is 7.18. The zero-order valence-corrected chi connectivity index (χ0v) is 5.31. The second-order valence-electron chi connectivity index (χ2n) is 2.06. The number of halogens is 3. The average Bonchev–Trinajstić information content (AvgIpc) is 2.11. The molecule has 0 unspecified atom stereocenters. The number of rotatable bonds is 0. The van der Waals surface area contributed by atoms with Crippen molar-refractivity contribution in [3.05, 3.63) is 24.0 Å². The zero-order valence-electron chi connectivity index (χ0n) is 5.31. The molecule has 0 bridgehead atoms. The third-order valence-electron chi connectivity index (χ3n) is 1.16. The van der Waals surface area contributed by atoms with Crippen molar-refractivity contribution in [1.29, 1.82) is 0 Å². The largest absolute Gasteiger partial charge is 0.417 e. The summed E-state index contributed by atoms with van der Waals surface area (Å²) in [5.74, 6) is 0. The standard InChI is InChI=1S/C6H6F3N/c1-10-3-2-5(4-10)6(7,8)9/h2-4H,1H3. The number of nitrogens with zero attached hydrogens (tertiary/aromatic N) is 1. The molecule has 0 aliphatic carbocycles. The number of alkyl halides is 3. The summed E-state index contributed by atoms with van der Waals surface area (Å²) in [5.41, 5.74) is -0.602. The van der Waals surface area contributed by atoms with Crippen LogP contribution < -0.4 is 0 Å². The van der Waals surface area contributed by atoms with Crippen molar-refractivity contribution in [2.45, 2.75) is 6.18 Å². The smallest absolute Gasteiger partial charge is 0.357 e. The summed E-state index contributed by atoms with van der Waals surface area (Å²) in [7, 11) is 1.55. The van der Waals surface area contributed by atoms with Crippen LogP contribution in [-0.4, -0.2) is 4.57 Å². The quantitative estimate of drug-likeness (QED) is 0.532. The van der Waals surface area contributed by atoms with Crippen LogP contribution in [0.3, 0.4) is 0 Å². The molecule has 0 spiro atoms. The van der Waals surface area contributed by atoms with Gasteiger partial charge in [-0.15, -0.1) is 0 Å². The molecule has 0 amide bonds. The van der Waals surface area contributed by atoms with Gasteiger partial charge in [-0.05, 0) is 6.07 Å². The molecule has 0 atom stereocenters. The highest BCUT2D eigenvalue weighted by Gasteiger charge is 2.30. The topological polar surface area (TPSA) is 4.93 Å². The summed E-state index contributed by atoms with van der Waals surface area (Å²) in [6.45, 7) is 0. The second-order valence-corrected chi connectivity index (χ2v) is 2.06. The van der Waals surface area contributed by atoms with E-state index in [4.69, 9.17) is 0 Å². The van der Waals surface area contributed by atoms with E-state index in [0.717, 1.165) is 12.3 Å². The summed E-state index contributed by atoms with van der Waals surface area (Å²) in [4.78, 5) is 0. The highest BCUT2D eigenvalue weighted by atomic mass is 19.4. The first-order valence-electron chi connectivity index (χ1n) is 2.69. The Kier molecular flexibility index (Phi) is 1.46. The molecule has 56 valence electrons. The molecule has 10 heavy (non-hydrogen) atoms. The maximum absolute atomic E-state index is 11.8. The molecule has 0 aromatic carbocycles. The number of aryl methyl sites for hydroxylation is 1. The highest BCUT2D eigenvalue weighted by molar-refractivity contribution is 5.13. The van der Waals surface area contributed by atoms with E-state index in [1.54, 1.807) is 7.05 Å². The molecule has 0 aliphatic rings. The van der Waals surface area contributed by atoms with E-state index < -0.39 is 11.7 Å². The minimum absolute atomic E-state index is 0.602. The van der Waals surface area contributed by atoms with Gasteiger partial charge in [-0.2, -0.15) is 13.2 Å². The van der Waals surface area contributed by atoms with E-state index in [2.05, 4.69) is 0 Å². The van der Waals surface area contributed by atoms with Crippen LogP contribution in [0.2, 0.25) is 0 Å². The molecule has 0 fully saturated rings. The van der Waals surface area contributed by atoms with E-state index in [1.165, 1.54) is 10.8 Å². The summed E-state index contributed by atoms with van der Waals surface area (Å²) in [6.07, 6.45) is -1.80. The predicted octanol–water partition coefficient (Wildman–Crippen LogP) is 2.04. The van der Waals surface area contributed by atoms with E-state index >= 15 is 0 Å². The number of hydrogen-bond acceptors (Lipinski definition) is 0. The molecule has 0 saturated carbocycles. The molecule has 1 aromatic rings. The molecule has 1 heterocycles. The molecule has 4 heteroatoms. The fourth-order valence-corrected chi connectivity index (χ4v) is 0.671. The van der Waals surface area contributed by atoms with Gasteiger partial charge in [-0.1, -0.05) is 0 Å². The van der Waals surface area contributed by atoms with Gasteiger partial charge in [-0.3, -0.25) is 0 Å². The summed E-state index contributed by atoms with van der Waals surface area (Å²) >= 11 is 0. The lowest BCUT2D eigenvalue weighted by atomic mass is 10.3. The normalized spacial score (nSPS) is 12.0. The van der Waals surface area contributed by atoms with Crippen molar-refractivity contribution < 1.29 is 13.2 Å². The maximum atomic E-state index is 11.8. The van der Waals surface area contributed by atoms with Gasteiger partial charge in [0.1, 0.15) is 0 Å². The van der Waals surface area contributed by atoms with E-state index in [9.17, 15) is 13.2 Å². The van der Waals surface area contributed by atoms with Crippen LogP contribution in [0, 0.1) is 0 Å². The van der Waals surface area contributed by atoms with Crippen molar-refractivity contribution in [1.82, 2.24) is 4.57 Å². The Labute approximate surface area is 56.1 Å². The minimum Gasteiger partial charge on any atom is -0.357 e. The Morgan fingerprint density at radius 2 is 2.00 bits per heavy atom. The van der Waals surface area contributed by atoms with Crippen LogP contribution in [0.5, 0.6) is 0 Å². The van der Waals surface area contributed by atoms with E-state index in [1.807, 2.05) is 0 Å². The third kappa shape index (κ3) is 1.32. The van der Waals surface area contributed by atoms with Gasteiger partial charge in [0.2, 0.25) is 0 Å². The molecule has 0 N–H and O–H groups in total. The highest BCUT2D eigenvalue weighted by Crippen LogP contribution is 2.28. The Morgan fingerprint density at radius 1 is 1.40 bits per heavy atom. The zero-order chi connectivity index (χ0) is 7.78. The SMILES string of the molecule is Cn1ccc(C(F)(F)F)c1. The monoisotopic (exact) mass is 149 g/mol. The number of hydrogen-bond donors (Lipinski definition) is 0. The molecule has 1 aromatic heterocycles. The van der Waals surface area contributed by atoms with Gasteiger partial charge >= 0.3 is 6.18 Å². The molecule has 0 saturated heterocycles. The van der Waals surface area contributed by atoms with Gasteiger partial charge < -0.3 is 4.57 Å². The Hall–Kier alpha value is -0.930. The van der Waals surface area contributed by atoms with Crippen molar-refractivity contribution in [3.63, 3.8) is 0 Å². The summed E-state index contributed by atoms with van der Waals surface area (Å²) < 4.78 is 36.7. The van der Waals surface area contributed by atoms with Gasteiger partial charge in [0.25, 0.3) is 0 Å². The lowest BCUT2D eigenvalue weighted by Crippen LogP contribution is -2.02. The Balaban J connectivity index is 2.96. The molecule has 0 radical (unpaired) electrons. The first-order valence-corrected chi connectivity index (χ1v) is 2.69. The van der Waals surface area contributed by atoms with Crippen molar-refractivity contribution in [2.24, 2.45) is 7.05 Å². The van der Waals surface area contributed by atoms with Crippen LogP contribution >= 0.6 is 0 Å². The van der Waals surface area contributed by atoms with Gasteiger partial charge in [-0.25, -0.2) is 0 Å². The Morgan fingerprint density at radius 3 is 2.20 bits per heavy atom. The fourth-order valence-electron chi connectivity index (χ4n) is 0.671. The maximum Gasteiger partial charge on any atom is 0.417 e. The van der Waals surface area contributed by atoms with Gasteiger partial charge in [0, 0.05) is 19.4 Å². The van der Waals surface area contributed by atoms with Crippen LogP contribution in [0.1, 0.15) is 5.56 Å². The van der Waals surface area contributed by atoms with Crippen molar-refractivity contribution >= 4 is 0 Å². The second kappa shape index (κ2) is 2.04. The summed E-state index contributed by atoms with van der Waals surface area (Å²) in [5, 5.41) is 0. The van der Waals surface area contributed by atoms with Crippen molar-refractivity contribution in [3.8, 4) is 0 Å². The van der Waals surface area contributed by atoms with Gasteiger partial charge in [0.05, 0.1) is 5.56 Å². The first-order chi connectivity index (χ1) is 4.50. The molecule has 0 aliphatic heterocycles. The van der Waals surface area contributed by atoms with Gasteiger partial charge in [0.15, 0.2) is 0 Å². The molecule has 1 nitrogen and oxygen atoms in total. The fraction of sp³-hybridized carbons (Fsp3) is 0.333. The average molecular weight is 149 g/mol. The Bertz CT molecular complexity index is 223. The summed E-state index contributed by atoms with van der Waals surface area (Å²) in [6, 6.07) is 1.04. The number of aromatic nitrogens is 1. The van der Waals surface area contributed by atoms with Crippen LogP contribution in [0.25, 0.3) is 0 Å². The van der Waals surface area contributed by atoms with E-state index in [0.29, 0.717) is 0 Å². The molecular weight excluding hydrogens is 143 g/mol. The van der Waals surface area contributed by atoms with Crippen molar-refractivity contribution in [2.75, 3.05) is 0 Å². The minimum atomic E-state index is -4.21. The lowest BCUT2D eigenvalue weighted by molar-refractivity contribution is -0.137. The van der Waals surface area contributed by atoms with Crippen LogP contribution in [0.15, 0.2) is 18.5 Å². The third-order valence-corrected chi connectivity index (χ3v) is 1.16. The molecular formula is C6H6F3N. The van der Waals surface area contributed by atoms with Crippen LogP contribution in [0.4, 0.5) is 13.2 Å².